The van der Waals surface area contributed by atoms with Crippen LogP contribution in [-0.2, 0) is 0 Å². The lowest BCUT2D eigenvalue weighted by Gasteiger charge is -2.31. The van der Waals surface area contributed by atoms with Crippen molar-refractivity contribution in [3.05, 3.63) is 52.1 Å². The Morgan fingerprint density at radius 1 is 1.29 bits per heavy atom. The number of nitrogens with zero attached hydrogens (tertiary/aromatic N) is 2. The molecule has 1 atom stereocenters. The maximum absolute atomic E-state index is 12.5. The Labute approximate surface area is 151 Å². The molecule has 0 aliphatic carbocycles. The lowest BCUT2D eigenvalue weighted by Crippen LogP contribution is -2.34. The number of hydrogen-bond donors (Lipinski definition) is 1. The highest BCUT2D eigenvalue weighted by Crippen LogP contribution is 2.30. The molecule has 1 unspecified atom stereocenters. The fourth-order valence-corrected chi connectivity index (χ4v) is 3.42. The third-order valence-electron chi connectivity index (χ3n) is 4.19. The molecule has 1 aromatic heterocycles. The fraction of sp³-hybridized carbons (Fsp3) is 0.333. The minimum Gasteiger partial charge on any atom is -0.356 e. The highest BCUT2D eigenvalue weighted by Gasteiger charge is 2.19. The van der Waals surface area contributed by atoms with E-state index in [0.717, 1.165) is 25.3 Å². The second-order valence-electron chi connectivity index (χ2n) is 6.15. The van der Waals surface area contributed by atoms with Crippen molar-refractivity contribution >= 4 is 40.6 Å². The Hall–Kier alpha value is -1.78. The van der Waals surface area contributed by atoms with Crippen LogP contribution in [0.1, 0.15) is 30.1 Å². The van der Waals surface area contributed by atoms with Gasteiger partial charge in [0.05, 0.1) is 15.7 Å². The van der Waals surface area contributed by atoms with Crippen LogP contribution in [-0.4, -0.2) is 24.0 Å². The summed E-state index contributed by atoms with van der Waals surface area (Å²) < 4.78 is 0. The highest BCUT2D eigenvalue weighted by molar-refractivity contribution is 6.40. The number of benzene rings is 1. The second kappa shape index (κ2) is 7.41. The van der Waals surface area contributed by atoms with Crippen LogP contribution in [0.15, 0.2) is 36.5 Å². The number of amides is 1. The number of carbonyl (C=O) groups is 1. The first-order valence-electron chi connectivity index (χ1n) is 8.01. The zero-order valence-electron chi connectivity index (χ0n) is 13.4. The number of piperidine rings is 1. The van der Waals surface area contributed by atoms with Gasteiger partial charge in [-0.1, -0.05) is 36.2 Å². The van der Waals surface area contributed by atoms with Crippen molar-refractivity contribution in [3.8, 4) is 0 Å². The van der Waals surface area contributed by atoms with E-state index >= 15 is 0 Å². The Bertz CT molecular complexity index is 731. The highest BCUT2D eigenvalue weighted by atomic mass is 35.5. The molecule has 0 spiro atoms. The number of hydrogen-bond acceptors (Lipinski definition) is 3. The van der Waals surface area contributed by atoms with E-state index in [1.165, 1.54) is 6.42 Å². The molecule has 0 saturated carbocycles. The number of pyridine rings is 1. The summed E-state index contributed by atoms with van der Waals surface area (Å²) in [6, 6.07) is 8.63. The summed E-state index contributed by atoms with van der Waals surface area (Å²) in [5.41, 5.74) is 0.963. The Morgan fingerprint density at radius 3 is 2.75 bits per heavy atom. The van der Waals surface area contributed by atoms with Gasteiger partial charge in [-0.2, -0.15) is 0 Å². The maximum Gasteiger partial charge on any atom is 0.255 e. The first-order chi connectivity index (χ1) is 11.5. The maximum atomic E-state index is 12.5. The van der Waals surface area contributed by atoms with Crippen LogP contribution in [0.4, 0.5) is 11.5 Å². The van der Waals surface area contributed by atoms with Gasteiger partial charge >= 0.3 is 0 Å². The van der Waals surface area contributed by atoms with Gasteiger partial charge in [0, 0.05) is 24.8 Å². The molecule has 1 amide bonds. The molecule has 0 radical (unpaired) electrons. The summed E-state index contributed by atoms with van der Waals surface area (Å²) in [7, 11) is 0. The van der Waals surface area contributed by atoms with E-state index in [1.807, 2.05) is 6.07 Å². The molecule has 1 fully saturated rings. The molecule has 4 nitrogen and oxygen atoms in total. The van der Waals surface area contributed by atoms with E-state index in [0.29, 0.717) is 27.2 Å². The first-order valence-corrected chi connectivity index (χ1v) is 8.76. The number of anilines is 2. The topological polar surface area (TPSA) is 45.2 Å². The monoisotopic (exact) mass is 363 g/mol. The van der Waals surface area contributed by atoms with Gasteiger partial charge < -0.3 is 10.2 Å². The molecule has 126 valence electrons. The number of carbonyl (C=O) groups excluding carboxylic acids is 1. The predicted octanol–water partition coefficient (Wildman–Crippen LogP) is 4.88. The molecule has 1 aliphatic rings. The normalized spacial score (nSPS) is 17.6. The number of nitrogens with one attached hydrogen (secondary N) is 1. The molecule has 0 bridgehead atoms. The smallest absolute Gasteiger partial charge is 0.255 e. The van der Waals surface area contributed by atoms with E-state index in [-0.39, 0.29) is 5.91 Å². The summed E-state index contributed by atoms with van der Waals surface area (Å²) in [4.78, 5) is 19.2. The third kappa shape index (κ3) is 3.82. The summed E-state index contributed by atoms with van der Waals surface area (Å²) >= 11 is 12.2. The molecule has 3 rings (SSSR count). The second-order valence-corrected chi connectivity index (χ2v) is 6.96. The largest absolute Gasteiger partial charge is 0.356 e. The van der Waals surface area contributed by atoms with Gasteiger partial charge in [-0.05, 0) is 43.0 Å². The molecule has 2 aromatic rings. The van der Waals surface area contributed by atoms with Crippen LogP contribution in [0.3, 0.4) is 0 Å². The average Bonchev–Trinajstić information content (AvgIpc) is 2.58. The van der Waals surface area contributed by atoms with Crippen molar-refractivity contribution < 1.29 is 4.79 Å². The van der Waals surface area contributed by atoms with Crippen LogP contribution in [0.2, 0.25) is 10.0 Å². The Kier molecular flexibility index (Phi) is 5.27. The van der Waals surface area contributed by atoms with Gasteiger partial charge in [0.1, 0.15) is 5.82 Å². The quantitative estimate of drug-likeness (QED) is 0.845. The number of halogens is 2. The van der Waals surface area contributed by atoms with Crippen LogP contribution < -0.4 is 10.2 Å². The molecular formula is C18H19Cl2N3O. The minimum absolute atomic E-state index is 0.251. The van der Waals surface area contributed by atoms with E-state index in [9.17, 15) is 4.79 Å². The molecule has 2 heterocycles. The number of rotatable bonds is 3. The Balaban J connectivity index is 1.79. The van der Waals surface area contributed by atoms with E-state index in [4.69, 9.17) is 23.2 Å². The van der Waals surface area contributed by atoms with E-state index < -0.39 is 0 Å². The van der Waals surface area contributed by atoms with Gasteiger partial charge in [-0.15, -0.1) is 0 Å². The zero-order valence-corrected chi connectivity index (χ0v) is 14.9. The van der Waals surface area contributed by atoms with Crippen molar-refractivity contribution in [2.24, 2.45) is 5.92 Å². The number of aromatic nitrogens is 1. The predicted molar refractivity (Wildman–Crippen MR) is 99.3 cm³/mol. The van der Waals surface area contributed by atoms with Crippen LogP contribution in [0.25, 0.3) is 0 Å². The van der Waals surface area contributed by atoms with Crippen molar-refractivity contribution in [2.45, 2.75) is 19.8 Å². The van der Waals surface area contributed by atoms with Crippen LogP contribution in [0.5, 0.6) is 0 Å². The fourth-order valence-electron chi connectivity index (χ4n) is 2.93. The van der Waals surface area contributed by atoms with Gasteiger partial charge in [-0.25, -0.2) is 4.98 Å². The molecule has 1 N–H and O–H groups in total. The molecule has 1 saturated heterocycles. The standard InChI is InChI=1S/C18H19Cl2N3O/c1-12-4-3-9-23(11-12)16-10-13(7-8-21-16)18(24)22-17-14(19)5-2-6-15(17)20/h2,5-8,10,12H,3-4,9,11H2,1H3,(H,22,24). The van der Waals surface area contributed by atoms with E-state index in [2.05, 4.69) is 22.1 Å². The van der Waals surface area contributed by atoms with Gasteiger partial charge in [0.15, 0.2) is 0 Å². The summed E-state index contributed by atoms with van der Waals surface area (Å²) in [6.45, 7) is 4.18. The van der Waals surface area contributed by atoms with Gasteiger partial charge in [0.25, 0.3) is 5.91 Å². The minimum atomic E-state index is -0.251. The van der Waals surface area contributed by atoms with Gasteiger partial charge in [0.2, 0.25) is 0 Å². The van der Waals surface area contributed by atoms with Crippen molar-refractivity contribution in [1.29, 1.82) is 0 Å². The first kappa shape index (κ1) is 17.1. The van der Waals surface area contributed by atoms with Crippen molar-refractivity contribution in [1.82, 2.24) is 4.98 Å². The SMILES string of the molecule is CC1CCCN(c2cc(C(=O)Nc3c(Cl)cccc3Cl)ccn2)C1. The Morgan fingerprint density at radius 2 is 2.04 bits per heavy atom. The lowest BCUT2D eigenvalue weighted by molar-refractivity contribution is 0.102. The summed E-state index contributed by atoms with van der Waals surface area (Å²) in [5.74, 6) is 1.22. The summed E-state index contributed by atoms with van der Waals surface area (Å²) in [5, 5.41) is 3.61. The molecular weight excluding hydrogens is 345 g/mol. The van der Waals surface area contributed by atoms with Crippen LogP contribution >= 0.6 is 23.2 Å². The number of para-hydroxylation sites is 1. The molecule has 6 heteroatoms. The van der Waals surface area contributed by atoms with Crippen LogP contribution in [0, 0.1) is 5.92 Å². The lowest BCUT2D eigenvalue weighted by atomic mass is 10.0. The average molecular weight is 364 g/mol. The van der Waals surface area contributed by atoms with E-state index in [1.54, 1.807) is 30.5 Å². The van der Waals surface area contributed by atoms with Crippen molar-refractivity contribution in [3.63, 3.8) is 0 Å². The molecule has 1 aromatic carbocycles. The molecule has 24 heavy (non-hydrogen) atoms. The summed E-state index contributed by atoms with van der Waals surface area (Å²) in [6.07, 6.45) is 4.05. The molecule has 1 aliphatic heterocycles. The van der Waals surface area contributed by atoms with Gasteiger partial charge in [-0.3, -0.25) is 4.79 Å². The zero-order chi connectivity index (χ0) is 17.1. The van der Waals surface area contributed by atoms with Crippen molar-refractivity contribution in [2.75, 3.05) is 23.3 Å². The third-order valence-corrected chi connectivity index (χ3v) is 4.82.